The molecule has 0 amide bonds. The van der Waals surface area contributed by atoms with Gasteiger partial charge in [0.1, 0.15) is 11.6 Å². The Morgan fingerprint density at radius 3 is 2.41 bits per heavy atom. The van der Waals surface area contributed by atoms with Crippen molar-refractivity contribution < 1.29 is 34.9 Å². The average Bonchev–Trinajstić information content (AvgIpc) is 3.59. The summed E-state index contributed by atoms with van der Waals surface area (Å²) < 4.78 is 29.6. The smallest absolute Gasteiger partial charge is 0.522 e. The number of methoxy groups -OCH3 is 1. The number of ether oxygens (including phenoxy) is 2. The molecule has 0 N–H and O–H groups in total. The number of hydrogen-bond acceptors (Lipinski definition) is 4. The summed E-state index contributed by atoms with van der Waals surface area (Å²) in [5.41, 5.74) is 7.19. The van der Waals surface area contributed by atoms with Crippen molar-refractivity contribution >= 4 is 21.8 Å². The van der Waals surface area contributed by atoms with Crippen LogP contribution in [0.1, 0.15) is 16.7 Å². The minimum Gasteiger partial charge on any atom is -0.522 e. The van der Waals surface area contributed by atoms with E-state index in [1.165, 1.54) is 12.1 Å². The van der Waals surface area contributed by atoms with Crippen molar-refractivity contribution in [1.29, 1.82) is 0 Å². The van der Waals surface area contributed by atoms with E-state index in [4.69, 9.17) is 9.47 Å². The van der Waals surface area contributed by atoms with Crippen LogP contribution in [0.5, 0.6) is 17.2 Å². The zero-order valence-electron chi connectivity index (χ0n) is 24.5. The summed E-state index contributed by atoms with van der Waals surface area (Å²) in [6.45, 7) is 5.85. The van der Waals surface area contributed by atoms with Crippen LogP contribution in [0.3, 0.4) is 0 Å². The monoisotopic (exact) mass is 761 g/mol. The quantitative estimate of drug-likeness (QED) is 0.160. The topological polar surface area (TPSA) is 54.1 Å². The second-order valence-electron chi connectivity index (χ2n) is 10.6. The van der Waals surface area contributed by atoms with E-state index in [1.807, 2.05) is 62.6 Å². The zero-order valence-corrected chi connectivity index (χ0v) is 26.7. The maximum atomic E-state index is 13.9. The molecule has 0 unspecified atom stereocenters. The Morgan fingerprint density at radius 1 is 0.841 bits per heavy atom. The van der Waals surface area contributed by atoms with Crippen LogP contribution in [0, 0.1) is 38.7 Å². The fourth-order valence-corrected chi connectivity index (χ4v) is 5.68. The predicted molar refractivity (Wildman–Crippen MR) is 166 cm³/mol. The molecular weight excluding hydrogens is 734 g/mol. The molecular formula is C36H27FN4O2Pt. The van der Waals surface area contributed by atoms with E-state index in [2.05, 4.69) is 51.9 Å². The Kier molecular flexibility index (Phi) is 7.83. The van der Waals surface area contributed by atoms with Crippen LogP contribution in [0.25, 0.3) is 44.4 Å². The Morgan fingerprint density at radius 2 is 1.64 bits per heavy atom. The summed E-state index contributed by atoms with van der Waals surface area (Å²) in [6, 6.07) is 29.7. The second-order valence-corrected chi connectivity index (χ2v) is 10.6. The maximum absolute atomic E-state index is 13.9. The van der Waals surface area contributed by atoms with Gasteiger partial charge in [0.25, 0.3) is 0 Å². The van der Waals surface area contributed by atoms with Gasteiger partial charge in [-0.1, -0.05) is 29.8 Å². The van der Waals surface area contributed by atoms with Crippen LogP contribution >= 0.6 is 0 Å². The molecule has 0 fully saturated rings. The number of halogens is 1. The minimum absolute atomic E-state index is 0. The van der Waals surface area contributed by atoms with Gasteiger partial charge >= 0.3 is 21.1 Å². The van der Waals surface area contributed by atoms with E-state index in [9.17, 15) is 4.39 Å². The third-order valence-electron chi connectivity index (χ3n) is 7.56. The average molecular weight is 762 g/mol. The molecule has 7 aromatic rings. The molecule has 0 aliphatic heterocycles. The number of aryl methyl sites for hydroxylation is 3. The number of para-hydroxylation sites is 1. The van der Waals surface area contributed by atoms with Gasteiger partial charge in [0.05, 0.1) is 13.3 Å². The summed E-state index contributed by atoms with van der Waals surface area (Å²) in [7, 11) is 1.61. The van der Waals surface area contributed by atoms with Gasteiger partial charge in [-0.2, -0.15) is 11.2 Å². The van der Waals surface area contributed by atoms with E-state index < -0.39 is 0 Å². The van der Waals surface area contributed by atoms with E-state index in [1.54, 1.807) is 24.1 Å². The van der Waals surface area contributed by atoms with Crippen molar-refractivity contribution in [2.24, 2.45) is 0 Å². The molecule has 0 saturated heterocycles. The Hall–Kier alpha value is -4.74. The summed E-state index contributed by atoms with van der Waals surface area (Å²) in [5, 5.41) is 6.73. The van der Waals surface area contributed by atoms with Crippen LogP contribution in [0.4, 0.5) is 4.39 Å². The van der Waals surface area contributed by atoms with Gasteiger partial charge in [0.2, 0.25) is 0 Å². The number of nitrogens with zero attached hydrogens (tertiary/aromatic N) is 4. The molecule has 0 spiro atoms. The number of aromatic nitrogens is 4. The normalized spacial score (nSPS) is 11.1. The van der Waals surface area contributed by atoms with E-state index in [0.29, 0.717) is 22.9 Å². The van der Waals surface area contributed by atoms with E-state index in [0.717, 1.165) is 55.4 Å². The molecule has 0 radical (unpaired) electrons. The zero-order chi connectivity index (χ0) is 29.7. The first-order valence-electron chi connectivity index (χ1n) is 13.9. The first-order valence-corrected chi connectivity index (χ1v) is 13.9. The summed E-state index contributed by atoms with van der Waals surface area (Å²) in [4.78, 5) is 4.65. The van der Waals surface area contributed by atoms with Crippen LogP contribution in [-0.2, 0) is 21.1 Å². The third-order valence-corrected chi connectivity index (χ3v) is 7.56. The fraction of sp³-hybridized carbons (Fsp3) is 0.111. The largest absolute Gasteiger partial charge is 2.00 e. The molecule has 0 aliphatic carbocycles. The van der Waals surface area contributed by atoms with Crippen LogP contribution in [-0.4, -0.2) is 26.4 Å². The van der Waals surface area contributed by atoms with Crippen LogP contribution < -0.4 is 9.47 Å². The standard InChI is InChI=1S/C36H27FN4O2.Pt/c1-22-11-12-38-35(13-22)41-33-8-6-5-7-31(33)32-10-9-28(19-34(32)41)43-30-17-27(16-29(18-30)42-4)40-21-25(20-39-40)36-23(2)14-26(37)15-24(36)3;/h5-16,18,20-21H,1-4H3;/q-2;+2. The number of benzene rings is 4. The van der Waals surface area contributed by atoms with Gasteiger partial charge in [0, 0.05) is 40.7 Å². The second kappa shape index (κ2) is 11.7. The number of pyridine rings is 1. The molecule has 4 aromatic carbocycles. The number of fused-ring (bicyclic) bond motifs is 3. The van der Waals surface area contributed by atoms with E-state index >= 15 is 0 Å². The SMILES string of the molecule is COc1cc(Oc2[c-]c3c(cc2)c2ccccc2n3-c2cc(C)ccn2)[c-]c(-n2cc(-c3c(C)cc(F)cc3C)cn2)c1.[Pt+2]. The van der Waals surface area contributed by atoms with Crippen molar-refractivity contribution in [2.45, 2.75) is 20.8 Å². The molecule has 6 nitrogen and oxygen atoms in total. The number of hydrogen-bond donors (Lipinski definition) is 0. The summed E-state index contributed by atoms with van der Waals surface area (Å²) in [6.07, 6.45) is 5.48. The van der Waals surface area contributed by atoms with Crippen molar-refractivity contribution in [3.8, 4) is 39.9 Å². The van der Waals surface area contributed by atoms with E-state index in [-0.39, 0.29) is 26.9 Å². The van der Waals surface area contributed by atoms with Gasteiger partial charge in [-0.15, -0.1) is 29.7 Å². The van der Waals surface area contributed by atoms with Crippen molar-refractivity contribution in [3.63, 3.8) is 0 Å². The summed E-state index contributed by atoms with van der Waals surface area (Å²) in [5.74, 6) is 2.13. The Balaban J connectivity index is 0.00000343. The summed E-state index contributed by atoms with van der Waals surface area (Å²) >= 11 is 0. The van der Waals surface area contributed by atoms with Crippen molar-refractivity contribution in [1.82, 2.24) is 19.3 Å². The molecule has 0 bridgehead atoms. The van der Waals surface area contributed by atoms with Crippen molar-refractivity contribution in [3.05, 3.63) is 126 Å². The molecule has 0 atom stereocenters. The fourth-order valence-electron chi connectivity index (χ4n) is 5.68. The minimum atomic E-state index is -0.250. The molecule has 0 saturated carbocycles. The van der Waals surface area contributed by atoms with Gasteiger partial charge in [-0.3, -0.25) is 4.68 Å². The Bertz CT molecular complexity index is 2140. The van der Waals surface area contributed by atoms with Gasteiger partial charge in [-0.25, -0.2) is 9.37 Å². The molecule has 3 aromatic heterocycles. The molecule has 8 heteroatoms. The molecule has 0 aliphatic rings. The number of rotatable bonds is 6. The molecule has 7 rings (SSSR count). The Labute approximate surface area is 269 Å². The first-order chi connectivity index (χ1) is 20.9. The van der Waals surface area contributed by atoms with Gasteiger partial charge < -0.3 is 14.0 Å². The third kappa shape index (κ3) is 5.29. The van der Waals surface area contributed by atoms with Gasteiger partial charge in [-0.05, 0) is 84.4 Å². The van der Waals surface area contributed by atoms with Crippen LogP contribution in [0.2, 0.25) is 0 Å². The van der Waals surface area contributed by atoms with Crippen LogP contribution in [0.15, 0.2) is 91.4 Å². The van der Waals surface area contributed by atoms with Gasteiger partial charge in [0.15, 0.2) is 0 Å². The molecule has 44 heavy (non-hydrogen) atoms. The maximum Gasteiger partial charge on any atom is 2.00 e. The molecule has 220 valence electrons. The molecule has 3 heterocycles. The predicted octanol–water partition coefficient (Wildman–Crippen LogP) is 8.49. The van der Waals surface area contributed by atoms with Crippen molar-refractivity contribution in [2.75, 3.05) is 7.11 Å². The first kappa shape index (κ1) is 29.3.